The van der Waals surface area contributed by atoms with Gasteiger partial charge >= 0.3 is 0 Å². The molecular weight excluding hydrogens is 190 g/mol. The van der Waals surface area contributed by atoms with Crippen LogP contribution >= 0.6 is 23.3 Å². The fourth-order valence-electron chi connectivity index (χ4n) is 0.661. The number of rotatable bonds is 4. The minimum atomic E-state index is 0.565. The van der Waals surface area contributed by atoms with Gasteiger partial charge in [0.25, 0.3) is 0 Å². The van der Waals surface area contributed by atoms with Crippen LogP contribution in [-0.4, -0.2) is 14.6 Å². The molecule has 0 aliphatic carbocycles. The number of hydrogen-bond donors (Lipinski definition) is 1. The van der Waals surface area contributed by atoms with E-state index in [1.54, 1.807) is 0 Å². The van der Waals surface area contributed by atoms with E-state index in [0.29, 0.717) is 10.4 Å². The number of thioether (sulfide) groups is 1. The van der Waals surface area contributed by atoms with Crippen LogP contribution in [0.4, 0.5) is 5.13 Å². The van der Waals surface area contributed by atoms with Crippen LogP contribution in [0.25, 0.3) is 0 Å². The van der Waals surface area contributed by atoms with E-state index in [-0.39, 0.29) is 0 Å². The zero-order chi connectivity index (χ0) is 8.97. The fraction of sp³-hybridized carbons (Fsp3) is 0.714. The Hall–Kier alpha value is -0.290. The zero-order valence-corrected chi connectivity index (χ0v) is 8.91. The van der Waals surface area contributed by atoms with Crippen LogP contribution in [-0.2, 0) is 5.75 Å². The third-order valence-electron chi connectivity index (χ3n) is 1.56. The second-order valence-electron chi connectivity index (χ2n) is 2.58. The monoisotopic (exact) mass is 203 g/mol. The first kappa shape index (κ1) is 9.80. The molecule has 0 saturated carbocycles. The van der Waals surface area contributed by atoms with Crippen LogP contribution in [0.1, 0.15) is 26.1 Å². The van der Waals surface area contributed by atoms with Gasteiger partial charge in [-0.1, -0.05) is 13.8 Å². The number of aromatic nitrogens is 2. The van der Waals surface area contributed by atoms with Crippen molar-refractivity contribution in [3.63, 3.8) is 0 Å². The molecule has 0 fully saturated rings. The van der Waals surface area contributed by atoms with E-state index in [1.165, 1.54) is 18.0 Å². The minimum absolute atomic E-state index is 0.565. The molecule has 2 N–H and O–H groups in total. The molecule has 0 spiro atoms. The van der Waals surface area contributed by atoms with Crippen molar-refractivity contribution in [3.8, 4) is 0 Å². The molecule has 1 rings (SSSR count). The Morgan fingerprint density at radius 1 is 1.67 bits per heavy atom. The van der Waals surface area contributed by atoms with Gasteiger partial charge in [0, 0.05) is 16.8 Å². The Morgan fingerprint density at radius 3 is 2.92 bits per heavy atom. The molecule has 3 nitrogen and oxygen atoms in total. The maximum atomic E-state index is 5.45. The lowest BCUT2D eigenvalue weighted by molar-refractivity contribution is 0.903. The topological polar surface area (TPSA) is 51.8 Å². The van der Waals surface area contributed by atoms with Crippen molar-refractivity contribution in [2.24, 2.45) is 0 Å². The molecule has 1 aromatic heterocycles. The van der Waals surface area contributed by atoms with Gasteiger partial charge < -0.3 is 5.73 Å². The molecule has 0 aromatic carbocycles. The van der Waals surface area contributed by atoms with Crippen LogP contribution in [0.2, 0.25) is 0 Å². The highest BCUT2D eigenvalue weighted by Crippen LogP contribution is 2.19. The van der Waals surface area contributed by atoms with E-state index in [2.05, 4.69) is 23.2 Å². The minimum Gasteiger partial charge on any atom is -0.374 e. The van der Waals surface area contributed by atoms with Gasteiger partial charge in [-0.15, -0.1) is 0 Å². The van der Waals surface area contributed by atoms with Gasteiger partial charge in [-0.2, -0.15) is 16.1 Å². The maximum Gasteiger partial charge on any atom is 0.199 e. The van der Waals surface area contributed by atoms with Crippen molar-refractivity contribution in [2.45, 2.75) is 31.3 Å². The summed E-state index contributed by atoms with van der Waals surface area (Å²) in [5.41, 5.74) is 5.45. The molecule has 1 aromatic rings. The summed E-state index contributed by atoms with van der Waals surface area (Å²) in [6.45, 7) is 4.39. The maximum absolute atomic E-state index is 5.45. The highest BCUT2D eigenvalue weighted by molar-refractivity contribution is 7.99. The normalized spacial score (nSPS) is 13.2. The van der Waals surface area contributed by atoms with E-state index in [9.17, 15) is 0 Å². The van der Waals surface area contributed by atoms with Crippen molar-refractivity contribution in [1.29, 1.82) is 0 Å². The Kier molecular flexibility index (Phi) is 3.81. The summed E-state index contributed by atoms with van der Waals surface area (Å²) in [5.74, 6) is 1.74. The van der Waals surface area contributed by atoms with Gasteiger partial charge in [0.1, 0.15) is 0 Å². The second-order valence-corrected chi connectivity index (χ2v) is 4.79. The lowest BCUT2D eigenvalue weighted by Crippen LogP contribution is -1.95. The summed E-state index contributed by atoms with van der Waals surface area (Å²) >= 11 is 3.14. The summed E-state index contributed by atoms with van der Waals surface area (Å²) in [5, 5.41) is 1.24. The van der Waals surface area contributed by atoms with E-state index in [1.807, 2.05) is 11.8 Å². The largest absolute Gasteiger partial charge is 0.374 e. The first-order chi connectivity index (χ1) is 5.72. The first-order valence-electron chi connectivity index (χ1n) is 3.92. The van der Waals surface area contributed by atoms with Crippen LogP contribution < -0.4 is 5.73 Å². The SMILES string of the molecule is CCC(C)SCc1nsc(N)n1. The molecule has 12 heavy (non-hydrogen) atoms. The number of nitrogen functional groups attached to an aromatic ring is 1. The van der Waals surface area contributed by atoms with Crippen LogP contribution in [0.3, 0.4) is 0 Å². The summed E-state index contributed by atoms with van der Waals surface area (Å²) in [4.78, 5) is 4.08. The lowest BCUT2D eigenvalue weighted by Gasteiger charge is -2.04. The average molecular weight is 203 g/mol. The highest BCUT2D eigenvalue weighted by Gasteiger charge is 2.03. The molecule has 0 amide bonds. The smallest absolute Gasteiger partial charge is 0.199 e. The lowest BCUT2D eigenvalue weighted by atomic mass is 10.4. The number of nitrogens with two attached hydrogens (primary N) is 1. The van der Waals surface area contributed by atoms with Crippen molar-refractivity contribution in [2.75, 3.05) is 5.73 Å². The van der Waals surface area contributed by atoms with Crippen molar-refractivity contribution < 1.29 is 0 Å². The molecule has 1 heterocycles. The molecule has 0 saturated heterocycles. The highest BCUT2D eigenvalue weighted by atomic mass is 32.2. The van der Waals surface area contributed by atoms with Crippen molar-refractivity contribution in [1.82, 2.24) is 9.36 Å². The standard InChI is InChI=1S/C7H13N3S2/c1-3-5(2)11-4-6-9-7(8)12-10-6/h5H,3-4H2,1-2H3,(H2,8,9,10). The third kappa shape index (κ3) is 2.98. The quantitative estimate of drug-likeness (QED) is 0.814. The van der Waals surface area contributed by atoms with Gasteiger partial charge in [-0.05, 0) is 6.42 Å². The van der Waals surface area contributed by atoms with E-state index < -0.39 is 0 Å². The van der Waals surface area contributed by atoms with E-state index in [0.717, 1.165) is 11.6 Å². The van der Waals surface area contributed by atoms with Gasteiger partial charge in [-0.25, -0.2) is 4.98 Å². The molecular formula is C7H13N3S2. The van der Waals surface area contributed by atoms with Crippen molar-refractivity contribution >= 4 is 28.4 Å². The van der Waals surface area contributed by atoms with Gasteiger partial charge in [0.15, 0.2) is 11.0 Å². The Bertz CT molecular complexity index is 236. The molecule has 0 bridgehead atoms. The molecule has 1 unspecified atom stereocenters. The van der Waals surface area contributed by atoms with Crippen LogP contribution in [0.5, 0.6) is 0 Å². The Morgan fingerprint density at radius 2 is 2.42 bits per heavy atom. The van der Waals surface area contributed by atoms with Gasteiger partial charge in [-0.3, -0.25) is 0 Å². The summed E-state index contributed by atoms with van der Waals surface area (Å²) in [7, 11) is 0. The number of anilines is 1. The first-order valence-corrected chi connectivity index (χ1v) is 5.74. The summed E-state index contributed by atoms with van der Waals surface area (Å²) in [6.07, 6.45) is 1.18. The Labute approximate surface area is 80.9 Å². The molecule has 1 atom stereocenters. The zero-order valence-electron chi connectivity index (χ0n) is 7.28. The molecule has 0 radical (unpaired) electrons. The van der Waals surface area contributed by atoms with Crippen LogP contribution in [0.15, 0.2) is 0 Å². The third-order valence-corrected chi connectivity index (χ3v) is 3.46. The molecule has 68 valence electrons. The predicted octanol–water partition coefficient (Wildman–Crippen LogP) is 2.15. The molecule has 0 aliphatic rings. The van der Waals surface area contributed by atoms with E-state index in [4.69, 9.17) is 5.73 Å². The number of nitrogens with zero attached hydrogens (tertiary/aromatic N) is 2. The summed E-state index contributed by atoms with van der Waals surface area (Å²) < 4.78 is 4.11. The van der Waals surface area contributed by atoms with Gasteiger partial charge in [0.2, 0.25) is 0 Å². The molecule has 5 heteroatoms. The fourth-order valence-corrected chi connectivity index (χ4v) is 1.99. The summed E-state index contributed by atoms with van der Waals surface area (Å²) in [6, 6.07) is 0. The Balaban J connectivity index is 2.33. The van der Waals surface area contributed by atoms with Gasteiger partial charge in [0.05, 0.1) is 5.75 Å². The van der Waals surface area contributed by atoms with E-state index >= 15 is 0 Å². The van der Waals surface area contributed by atoms with Crippen molar-refractivity contribution in [3.05, 3.63) is 5.82 Å². The van der Waals surface area contributed by atoms with Crippen LogP contribution in [0, 0.1) is 0 Å². The predicted molar refractivity (Wildman–Crippen MR) is 55.4 cm³/mol. The molecule has 0 aliphatic heterocycles. The average Bonchev–Trinajstić information content (AvgIpc) is 2.47. The second kappa shape index (κ2) is 4.67. The number of hydrogen-bond acceptors (Lipinski definition) is 5.